The first-order valence-electron chi connectivity index (χ1n) is 13.5. The molecule has 0 aliphatic carbocycles. The topological polar surface area (TPSA) is 101 Å². The Balaban J connectivity index is 1.26. The highest BCUT2D eigenvalue weighted by Crippen LogP contribution is 2.30. The standard InChI is InChI=1S/C28H37N7O2/c1-20-22-12-11-21(16-25(22)35(32-20)14-7-5-3-4-6-8-15-36)28(37)31-26-19-34-18-23(30-27(34)17-29-26)24-10-9-13-33(24)2/h11-12,16-19,24,36H,3-10,13-15H2,1-2H3,(H,31,37)/t24-/m1/s1. The van der Waals surface area contributed by atoms with E-state index in [0.717, 1.165) is 79.6 Å². The maximum atomic E-state index is 13.1. The van der Waals surface area contributed by atoms with Gasteiger partial charge in [0.15, 0.2) is 5.65 Å². The van der Waals surface area contributed by atoms with Gasteiger partial charge in [0.25, 0.3) is 5.91 Å². The van der Waals surface area contributed by atoms with E-state index in [1.54, 1.807) is 6.20 Å². The van der Waals surface area contributed by atoms with Gasteiger partial charge in [-0.3, -0.25) is 14.4 Å². The Morgan fingerprint density at radius 2 is 1.95 bits per heavy atom. The van der Waals surface area contributed by atoms with Crippen molar-refractivity contribution in [2.24, 2.45) is 0 Å². The van der Waals surface area contributed by atoms with Gasteiger partial charge in [0.2, 0.25) is 0 Å². The van der Waals surface area contributed by atoms with E-state index < -0.39 is 0 Å². The number of anilines is 1. The van der Waals surface area contributed by atoms with Gasteiger partial charge in [-0.1, -0.05) is 31.7 Å². The average Bonchev–Trinajstić information content (AvgIpc) is 3.59. The number of nitrogens with zero attached hydrogens (tertiary/aromatic N) is 6. The zero-order chi connectivity index (χ0) is 25.8. The van der Waals surface area contributed by atoms with E-state index in [-0.39, 0.29) is 12.5 Å². The van der Waals surface area contributed by atoms with Gasteiger partial charge in [0.05, 0.1) is 35.3 Å². The predicted octanol–water partition coefficient (Wildman–Crippen LogP) is 4.74. The molecule has 0 unspecified atom stereocenters. The number of imidazole rings is 1. The Kier molecular flexibility index (Phi) is 7.81. The van der Waals surface area contributed by atoms with Gasteiger partial charge in [0.1, 0.15) is 5.82 Å². The number of hydrogen-bond acceptors (Lipinski definition) is 6. The lowest BCUT2D eigenvalue weighted by molar-refractivity contribution is 0.102. The summed E-state index contributed by atoms with van der Waals surface area (Å²) in [6.07, 6.45) is 14.3. The largest absolute Gasteiger partial charge is 0.396 e. The summed E-state index contributed by atoms with van der Waals surface area (Å²) in [6.45, 7) is 4.20. The van der Waals surface area contributed by atoms with E-state index in [2.05, 4.69) is 22.2 Å². The molecule has 196 valence electrons. The normalized spacial score (nSPS) is 16.2. The van der Waals surface area contributed by atoms with Crippen LogP contribution in [0.25, 0.3) is 16.6 Å². The molecule has 3 aromatic heterocycles. The van der Waals surface area contributed by atoms with Crippen molar-refractivity contribution in [3.8, 4) is 0 Å². The van der Waals surface area contributed by atoms with Gasteiger partial charge in [-0.05, 0) is 58.3 Å². The molecule has 4 aromatic rings. The Morgan fingerprint density at radius 1 is 1.14 bits per heavy atom. The molecule has 0 bridgehead atoms. The molecular weight excluding hydrogens is 466 g/mol. The molecule has 0 spiro atoms. The Labute approximate surface area is 217 Å². The van der Waals surface area contributed by atoms with Crippen molar-refractivity contribution in [3.63, 3.8) is 0 Å². The first-order valence-corrected chi connectivity index (χ1v) is 13.5. The van der Waals surface area contributed by atoms with Crippen molar-refractivity contribution in [3.05, 3.63) is 53.7 Å². The Hall–Kier alpha value is -3.30. The lowest BCUT2D eigenvalue weighted by Crippen LogP contribution is -2.17. The summed E-state index contributed by atoms with van der Waals surface area (Å²) in [5, 5.41) is 17.6. The van der Waals surface area contributed by atoms with Gasteiger partial charge >= 0.3 is 0 Å². The van der Waals surface area contributed by atoms with Gasteiger partial charge in [0, 0.05) is 30.3 Å². The summed E-state index contributed by atoms with van der Waals surface area (Å²) in [4.78, 5) is 24.6. The number of aliphatic hydroxyl groups is 1. The molecule has 1 aliphatic heterocycles. The molecule has 2 N–H and O–H groups in total. The molecule has 1 aromatic carbocycles. The zero-order valence-electron chi connectivity index (χ0n) is 21.9. The summed E-state index contributed by atoms with van der Waals surface area (Å²) in [7, 11) is 2.14. The number of nitrogens with one attached hydrogen (secondary N) is 1. The minimum absolute atomic E-state index is 0.195. The first-order chi connectivity index (χ1) is 18.0. The van der Waals surface area contributed by atoms with Crippen LogP contribution in [0.4, 0.5) is 5.82 Å². The Morgan fingerprint density at radius 3 is 2.73 bits per heavy atom. The van der Waals surface area contributed by atoms with Crippen molar-refractivity contribution in [1.82, 2.24) is 29.0 Å². The van der Waals surface area contributed by atoms with Crippen molar-refractivity contribution >= 4 is 28.3 Å². The van der Waals surface area contributed by atoms with Crippen LogP contribution in [-0.4, -0.2) is 60.3 Å². The van der Waals surface area contributed by atoms with Gasteiger partial charge < -0.3 is 14.8 Å². The molecule has 1 amide bonds. The number of aromatic nitrogens is 5. The van der Waals surface area contributed by atoms with Crippen molar-refractivity contribution in [2.75, 3.05) is 25.5 Å². The number of carbonyl (C=O) groups is 1. The number of amides is 1. The summed E-state index contributed by atoms with van der Waals surface area (Å²) in [5.74, 6) is 0.297. The predicted molar refractivity (Wildman–Crippen MR) is 145 cm³/mol. The van der Waals surface area contributed by atoms with Crippen LogP contribution in [0, 0.1) is 6.92 Å². The quantitative estimate of drug-likeness (QED) is 0.287. The van der Waals surface area contributed by atoms with E-state index in [9.17, 15) is 4.79 Å². The van der Waals surface area contributed by atoms with Crippen LogP contribution < -0.4 is 5.32 Å². The molecule has 4 heterocycles. The molecule has 1 fully saturated rings. The number of unbranched alkanes of at least 4 members (excludes halogenated alkanes) is 5. The molecule has 1 atom stereocenters. The van der Waals surface area contributed by atoms with Crippen LogP contribution in [0.3, 0.4) is 0 Å². The SMILES string of the molecule is Cc1nn(CCCCCCCCO)c2cc(C(=O)Nc3cn4cc([C@H]5CCCN5C)nc4cn3)ccc12. The van der Waals surface area contributed by atoms with Gasteiger partial charge in [-0.15, -0.1) is 0 Å². The highest BCUT2D eigenvalue weighted by Gasteiger charge is 2.25. The number of rotatable bonds is 11. The number of likely N-dealkylation sites (tertiary alicyclic amines) is 1. The second-order valence-electron chi connectivity index (χ2n) is 10.2. The zero-order valence-corrected chi connectivity index (χ0v) is 21.9. The fourth-order valence-electron chi connectivity index (χ4n) is 5.35. The smallest absolute Gasteiger partial charge is 0.256 e. The van der Waals surface area contributed by atoms with E-state index in [1.807, 2.05) is 46.6 Å². The summed E-state index contributed by atoms with van der Waals surface area (Å²) >= 11 is 0. The third kappa shape index (κ3) is 5.67. The van der Waals surface area contributed by atoms with Crippen LogP contribution in [0.1, 0.15) is 79.2 Å². The minimum atomic E-state index is -0.195. The van der Waals surface area contributed by atoms with Crippen molar-refractivity contribution < 1.29 is 9.90 Å². The summed E-state index contributed by atoms with van der Waals surface area (Å²) in [5.41, 5.74) is 4.36. The molecule has 0 saturated carbocycles. The van der Waals surface area contributed by atoms with Crippen LogP contribution in [0.5, 0.6) is 0 Å². The number of fused-ring (bicyclic) bond motifs is 2. The molecular formula is C28H37N7O2. The van der Waals surface area contributed by atoms with E-state index in [0.29, 0.717) is 17.4 Å². The molecule has 1 saturated heterocycles. The minimum Gasteiger partial charge on any atom is -0.396 e. The third-order valence-electron chi connectivity index (χ3n) is 7.44. The third-order valence-corrected chi connectivity index (χ3v) is 7.44. The summed E-state index contributed by atoms with van der Waals surface area (Å²) in [6, 6.07) is 6.09. The second-order valence-corrected chi connectivity index (χ2v) is 10.2. The Bertz CT molecular complexity index is 1380. The second kappa shape index (κ2) is 11.4. The highest BCUT2D eigenvalue weighted by molar-refractivity contribution is 6.05. The highest BCUT2D eigenvalue weighted by atomic mass is 16.2. The molecule has 0 radical (unpaired) electrons. The van der Waals surface area contributed by atoms with Gasteiger partial charge in [-0.25, -0.2) is 9.97 Å². The van der Waals surface area contributed by atoms with Gasteiger partial charge in [-0.2, -0.15) is 5.10 Å². The lowest BCUT2D eigenvalue weighted by Gasteiger charge is -2.16. The number of hydrogen-bond donors (Lipinski definition) is 2. The van der Waals surface area contributed by atoms with Crippen LogP contribution in [0.2, 0.25) is 0 Å². The van der Waals surface area contributed by atoms with Crippen LogP contribution >= 0.6 is 0 Å². The monoisotopic (exact) mass is 503 g/mol. The molecule has 9 nitrogen and oxygen atoms in total. The maximum absolute atomic E-state index is 13.1. The molecule has 37 heavy (non-hydrogen) atoms. The number of aliphatic hydroxyl groups excluding tert-OH is 1. The fourth-order valence-corrected chi connectivity index (χ4v) is 5.35. The average molecular weight is 504 g/mol. The first kappa shape index (κ1) is 25.4. The molecule has 5 rings (SSSR count). The van der Waals surface area contributed by atoms with E-state index in [4.69, 9.17) is 15.2 Å². The van der Waals surface area contributed by atoms with Crippen molar-refractivity contribution in [2.45, 2.75) is 70.9 Å². The molecule has 1 aliphatic rings. The van der Waals surface area contributed by atoms with Crippen LogP contribution in [0.15, 0.2) is 36.8 Å². The summed E-state index contributed by atoms with van der Waals surface area (Å²) < 4.78 is 3.96. The van der Waals surface area contributed by atoms with E-state index >= 15 is 0 Å². The maximum Gasteiger partial charge on any atom is 0.256 e. The van der Waals surface area contributed by atoms with Crippen LogP contribution in [-0.2, 0) is 6.54 Å². The molecule has 9 heteroatoms. The lowest BCUT2D eigenvalue weighted by atomic mass is 10.1. The number of benzene rings is 1. The number of aryl methyl sites for hydroxylation is 2. The fraction of sp³-hybridized carbons (Fsp3) is 0.500. The number of carbonyl (C=O) groups excluding carboxylic acids is 1. The van der Waals surface area contributed by atoms with E-state index in [1.165, 1.54) is 12.8 Å². The van der Waals surface area contributed by atoms with Crippen molar-refractivity contribution in [1.29, 1.82) is 0 Å².